The predicted octanol–water partition coefficient (Wildman–Crippen LogP) is 1.76. The van der Waals surface area contributed by atoms with Crippen LogP contribution in [-0.4, -0.2) is 33.0 Å². The van der Waals surface area contributed by atoms with Crippen LogP contribution in [0, 0.1) is 11.6 Å². The molecule has 0 spiro atoms. The van der Waals surface area contributed by atoms with Crippen LogP contribution in [0.3, 0.4) is 0 Å². The number of nitrogens with one attached hydrogen (secondary N) is 2. The fourth-order valence-electron chi connectivity index (χ4n) is 1.74. The summed E-state index contributed by atoms with van der Waals surface area (Å²) in [6.07, 6.45) is 1.42. The molecule has 5 nitrogen and oxygen atoms in total. The van der Waals surface area contributed by atoms with Crippen molar-refractivity contribution in [3.8, 4) is 0 Å². The van der Waals surface area contributed by atoms with Crippen LogP contribution in [0.4, 0.5) is 13.6 Å². The van der Waals surface area contributed by atoms with Crippen LogP contribution in [0.25, 0.3) is 0 Å². The van der Waals surface area contributed by atoms with Crippen molar-refractivity contribution in [3.63, 3.8) is 0 Å². The summed E-state index contributed by atoms with van der Waals surface area (Å²) >= 11 is 0. The van der Waals surface area contributed by atoms with Gasteiger partial charge in [-0.1, -0.05) is 6.92 Å². The molecule has 0 aliphatic carbocycles. The van der Waals surface area contributed by atoms with Gasteiger partial charge in [-0.3, -0.25) is 0 Å². The summed E-state index contributed by atoms with van der Waals surface area (Å²) in [7, 11) is -3.17. The van der Waals surface area contributed by atoms with E-state index >= 15 is 0 Å². The molecule has 0 heterocycles. The zero-order valence-electron chi connectivity index (χ0n) is 11.8. The Morgan fingerprint density at radius 2 is 2.00 bits per heavy atom. The predicted molar refractivity (Wildman–Crippen MR) is 75.6 cm³/mol. The van der Waals surface area contributed by atoms with E-state index < -0.39 is 33.5 Å². The molecule has 0 saturated heterocycles. The number of hydrogen-bond donors (Lipinski definition) is 2. The number of carbonyl (C=O) groups excluding carboxylic acids is 1. The molecule has 0 saturated carbocycles. The lowest BCUT2D eigenvalue weighted by molar-refractivity contribution is 0.237. The summed E-state index contributed by atoms with van der Waals surface area (Å²) in [6.45, 7) is 1.67. The quantitative estimate of drug-likeness (QED) is 0.838. The van der Waals surface area contributed by atoms with Crippen molar-refractivity contribution in [1.82, 2.24) is 10.6 Å². The third-order valence-corrected chi connectivity index (χ3v) is 3.75. The smallest absolute Gasteiger partial charge is 0.315 e. The minimum absolute atomic E-state index is 0.0489. The zero-order chi connectivity index (χ0) is 16.0. The number of carbonyl (C=O) groups is 1. The molecule has 1 aromatic rings. The molecule has 1 atom stereocenters. The second-order valence-corrected chi connectivity index (χ2v) is 6.92. The Bertz CT molecular complexity index is 605. The van der Waals surface area contributed by atoms with Crippen LogP contribution in [0.5, 0.6) is 0 Å². The van der Waals surface area contributed by atoms with Crippen molar-refractivity contribution in [2.75, 3.05) is 18.6 Å². The summed E-state index contributed by atoms with van der Waals surface area (Å²) < 4.78 is 48.7. The summed E-state index contributed by atoms with van der Waals surface area (Å²) in [5.74, 6) is -1.39. The number of sulfone groups is 1. The molecule has 118 valence electrons. The van der Waals surface area contributed by atoms with Gasteiger partial charge < -0.3 is 10.6 Å². The van der Waals surface area contributed by atoms with E-state index in [2.05, 4.69) is 10.6 Å². The van der Waals surface area contributed by atoms with E-state index in [1.54, 1.807) is 6.92 Å². The highest BCUT2D eigenvalue weighted by atomic mass is 32.2. The third-order valence-electron chi connectivity index (χ3n) is 2.81. The molecule has 21 heavy (non-hydrogen) atoms. The fourth-order valence-corrected chi connectivity index (χ4v) is 2.21. The van der Waals surface area contributed by atoms with Crippen LogP contribution >= 0.6 is 0 Å². The van der Waals surface area contributed by atoms with E-state index in [4.69, 9.17) is 0 Å². The average molecular weight is 320 g/mol. The first-order valence-corrected chi connectivity index (χ1v) is 8.46. The number of amides is 2. The highest BCUT2D eigenvalue weighted by Crippen LogP contribution is 2.20. The molecule has 0 aliphatic rings. The lowest BCUT2D eigenvalue weighted by Gasteiger charge is -2.18. The molecule has 1 rings (SSSR count). The van der Waals surface area contributed by atoms with Gasteiger partial charge in [0.05, 0.1) is 11.8 Å². The lowest BCUT2D eigenvalue weighted by atomic mass is 10.0. The molecule has 8 heteroatoms. The van der Waals surface area contributed by atoms with Gasteiger partial charge in [-0.05, 0) is 24.6 Å². The Hall–Kier alpha value is -1.70. The Balaban J connectivity index is 2.65. The van der Waals surface area contributed by atoms with Gasteiger partial charge in [0.2, 0.25) is 0 Å². The summed E-state index contributed by atoms with van der Waals surface area (Å²) in [5.41, 5.74) is 0.0516. The fraction of sp³-hybridized carbons (Fsp3) is 0.462. The second-order valence-electron chi connectivity index (χ2n) is 4.66. The van der Waals surface area contributed by atoms with Crippen molar-refractivity contribution >= 4 is 15.9 Å². The Labute approximate surface area is 122 Å². The first-order valence-electron chi connectivity index (χ1n) is 6.40. The monoisotopic (exact) mass is 320 g/mol. The lowest BCUT2D eigenvalue weighted by Crippen LogP contribution is -2.40. The molecule has 0 aromatic heterocycles. The van der Waals surface area contributed by atoms with Crippen molar-refractivity contribution in [1.29, 1.82) is 0 Å². The van der Waals surface area contributed by atoms with Crippen LogP contribution in [0.2, 0.25) is 0 Å². The average Bonchev–Trinajstić information content (AvgIpc) is 2.37. The van der Waals surface area contributed by atoms with Crippen LogP contribution in [0.1, 0.15) is 24.9 Å². The molecule has 2 N–H and O–H groups in total. The van der Waals surface area contributed by atoms with Gasteiger partial charge in [-0.15, -0.1) is 0 Å². The van der Waals surface area contributed by atoms with Crippen molar-refractivity contribution in [3.05, 3.63) is 35.4 Å². The Morgan fingerprint density at radius 3 is 2.57 bits per heavy atom. The molecule has 1 aromatic carbocycles. The minimum Gasteiger partial charge on any atom is -0.337 e. The Morgan fingerprint density at radius 1 is 1.33 bits per heavy atom. The van der Waals surface area contributed by atoms with Crippen LogP contribution < -0.4 is 10.6 Å². The maximum Gasteiger partial charge on any atom is 0.315 e. The summed E-state index contributed by atoms with van der Waals surface area (Å²) in [6, 6.07) is 1.70. The van der Waals surface area contributed by atoms with E-state index in [1.165, 1.54) is 0 Å². The van der Waals surface area contributed by atoms with Crippen LogP contribution in [-0.2, 0) is 9.84 Å². The number of benzene rings is 1. The van der Waals surface area contributed by atoms with Gasteiger partial charge in [0.1, 0.15) is 21.5 Å². The number of hydrogen-bond acceptors (Lipinski definition) is 3. The maximum atomic E-state index is 13.6. The largest absolute Gasteiger partial charge is 0.337 e. The second kappa shape index (κ2) is 7.35. The van der Waals surface area contributed by atoms with Gasteiger partial charge in [0, 0.05) is 18.4 Å². The van der Waals surface area contributed by atoms with E-state index in [-0.39, 0.29) is 17.9 Å². The molecule has 0 aliphatic heterocycles. The van der Waals surface area contributed by atoms with Crippen molar-refractivity contribution in [2.24, 2.45) is 0 Å². The topological polar surface area (TPSA) is 75.3 Å². The van der Waals surface area contributed by atoms with Crippen LogP contribution in [0.15, 0.2) is 18.2 Å². The zero-order valence-corrected chi connectivity index (χ0v) is 12.6. The molecule has 0 fully saturated rings. The Kier molecular flexibility index (Phi) is 6.07. The van der Waals surface area contributed by atoms with Gasteiger partial charge in [-0.2, -0.15) is 0 Å². The minimum atomic E-state index is -3.17. The highest BCUT2D eigenvalue weighted by molar-refractivity contribution is 7.90. The van der Waals surface area contributed by atoms with Gasteiger partial charge in [0.25, 0.3) is 0 Å². The first kappa shape index (κ1) is 17.4. The van der Waals surface area contributed by atoms with Crippen molar-refractivity contribution < 1.29 is 22.0 Å². The van der Waals surface area contributed by atoms with E-state index in [0.29, 0.717) is 6.42 Å². The molecule has 0 radical (unpaired) electrons. The SMILES string of the molecule is CCC(NC(=O)NCCS(C)(=O)=O)c1cc(F)ccc1F. The summed E-state index contributed by atoms with van der Waals surface area (Å²) in [5, 5.41) is 4.85. The van der Waals surface area contributed by atoms with Gasteiger partial charge >= 0.3 is 6.03 Å². The first-order chi connectivity index (χ1) is 9.73. The molecular formula is C13H18F2N2O3S. The molecule has 1 unspecified atom stereocenters. The van der Waals surface area contributed by atoms with E-state index in [1.807, 2.05) is 0 Å². The molecule has 2 amide bonds. The normalized spacial score (nSPS) is 12.8. The maximum absolute atomic E-state index is 13.6. The van der Waals surface area contributed by atoms with Gasteiger partial charge in [-0.25, -0.2) is 22.0 Å². The van der Waals surface area contributed by atoms with Crippen molar-refractivity contribution in [2.45, 2.75) is 19.4 Å². The van der Waals surface area contributed by atoms with E-state index in [0.717, 1.165) is 24.5 Å². The van der Waals surface area contributed by atoms with E-state index in [9.17, 15) is 22.0 Å². The molecule has 0 bridgehead atoms. The third kappa shape index (κ3) is 6.07. The standard InChI is InChI=1S/C13H18F2N2O3S/c1-3-12(10-8-9(14)4-5-11(10)15)17-13(18)16-6-7-21(2,19)20/h4-5,8,12H,3,6-7H2,1-2H3,(H2,16,17,18). The highest BCUT2D eigenvalue weighted by Gasteiger charge is 2.17. The number of urea groups is 1. The summed E-state index contributed by atoms with van der Waals surface area (Å²) in [4.78, 5) is 11.6. The van der Waals surface area contributed by atoms with Gasteiger partial charge in [0.15, 0.2) is 0 Å². The molecular weight excluding hydrogens is 302 g/mol. The number of rotatable bonds is 6. The number of halogens is 2.